The second-order valence-electron chi connectivity index (χ2n) is 6.99. The maximum atomic E-state index is 11.8. The maximum Gasteiger partial charge on any atom is 0.341 e. The third-order valence-electron chi connectivity index (χ3n) is 3.70. The van der Waals surface area contributed by atoms with Crippen LogP contribution in [0.25, 0.3) is 0 Å². The van der Waals surface area contributed by atoms with Gasteiger partial charge in [-0.1, -0.05) is 58.0 Å². The SMILES string of the molecule is CCOC(=O)/C(=C\C(C)Cc1ccc(C(C)(C)C)cc1)C(C)=O. The molecule has 0 amide bonds. The Hall–Kier alpha value is -1.90. The fourth-order valence-electron chi connectivity index (χ4n) is 2.39. The van der Waals surface area contributed by atoms with Crippen LogP contribution in [-0.2, 0) is 26.2 Å². The summed E-state index contributed by atoms with van der Waals surface area (Å²) in [5.41, 5.74) is 2.76. The highest BCUT2D eigenvalue weighted by molar-refractivity contribution is 6.16. The molecule has 1 aromatic rings. The van der Waals surface area contributed by atoms with Crippen molar-refractivity contribution in [1.82, 2.24) is 0 Å². The summed E-state index contributed by atoms with van der Waals surface area (Å²) in [7, 11) is 0. The zero-order valence-corrected chi connectivity index (χ0v) is 15.1. The quantitative estimate of drug-likeness (QED) is 0.341. The topological polar surface area (TPSA) is 43.4 Å². The summed E-state index contributed by atoms with van der Waals surface area (Å²) >= 11 is 0. The van der Waals surface area contributed by atoms with E-state index in [-0.39, 0.29) is 29.3 Å². The zero-order valence-electron chi connectivity index (χ0n) is 15.1. The zero-order chi connectivity index (χ0) is 17.6. The summed E-state index contributed by atoms with van der Waals surface area (Å²) in [5.74, 6) is -0.702. The highest BCUT2D eigenvalue weighted by Crippen LogP contribution is 2.23. The predicted octanol–water partition coefficient (Wildman–Crippen LogP) is 4.24. The largest absolute Gasteiger partial charge is 0.462 e. The summed E-state index contributed by atoms with van der Waals surface area (Å²) < 4.78 is 4.94. The molecular weight excluding hydrogens is 288 g/mol. The van der Waals surface area contributed by atoms with Gasteiger partial charge in [-0.2, -0.15) is 0 Å². The van der Waals surface area contributed by atoms with E-state index in [1.807, 2.05) is 6.92 Å². The molecule has 0 fully saturated rings. The van der Waals surface area contributed by atoms with Crippen molar-refractivity contribution >= 4 is 11.8 Å². The Bertz CT molecular complexity index is 574. The van der Waals surface area contributed by atoms with Crippen molar-refractivity contribution in [1.29, 1.82) is 0 Å². The van der Waals surface area contributed by atoms with Crippen LogP contribution >= 0.6 is 0 Å². The lowest BCUT2D eigenvalue weighted by molar-refractivity contribution is -0.139. The Morgan fingerprint density at radius 1 is 1.17 bits per heavy atom. The van der Waals surface area contributed by atoms with E-state index in [0.717, 1.165) is 6.42 Å². The van der Waals surface area contributed by atoms with Gasteiger partial charge in [-0.05, 0) is 42.7 Å². The fraction of sp³-hybridized carbons (Fsp3) is 0.500. The van der Waals surface area contributed by atoms with E-state index in [1.54, 1.807) is 13.0 Å². The molecule has 1 unspecified atom stereocenters. The van der Waals surface area contributed by atoms with E-state index in [4.69, 9.17) is 4.74 Å². The summed E-state index contributed by atoms with van der Waals surface area (Å²) in [4.78, 5) is 23.5. The molecule has 0 spiro atoms. The molecule has 0 aromatic heterocycles. The molecule has 0 bridgehead atoms. The second-order valence-corrected chi connectivity index (χ2v) is 6.99. The van der Waals surface area contributed by atoms with E-state index in [9.17, 15) is 9.59 Å². The minimum Gasteiger partial charge on any atom is -0.462 e. The standard InChI is InChI=1S/C20H28O3/c1-7-23-19(22)18(15(3)21)13-14(2)12-16-8-10-17(11-9-16)20(4,5)6/h8-11,13-14H,7,12H2,1-6H3/b18-13-. The van der Waals surface area contributed by atoms with Gasteiger partial charge in [0.25, 0.3) is 0 Å². The molecule has 126 valence electrons. The average molecular weight is 316 g/mol. The first kappa shape index (κ1) is 19.1. The number of Topliss-reactive ketones (excluding diaryl/α,β-unsaturated/α-hetero) is 1. The van der Waals surface area contributed by atoms with E-state index in [1.165, 1.54) is 18.1 Å². The van der Waals surface area contributed by atoms with Crippen molar-refractivity contribution in [2.45, 2.75) is 53.4 Å². The van der Waals surface area contributed by atoms with Crippen LogP contribution in [-0.4, -0.2) is 18.4 Å². The maximum absolute atomic E-state index is 11.8. The molecule has 0 heterocycles. The van der Waals surface area contributed by atoms with Crippen molar-refractivity contribution in [2.24, 2.45) is 5.92 Å². The van der Waals surface area contributed by atoms with Gasteiger partial charge in [0.1, 0.15) is 0 Å². The molecule has 0 aliphatic carbocycles. The number of ketones is 1. The molecule has 0 saturated heterocycles. The smallest absolute Gasteiger partial charge is 0.341 e. The van der Waals surface area contributed by atoms with Gasteiger partial charge in [-0.25, -0.2) is 4.79 Å². The van der Waals surface area contributed by atoms with Gasteiger partial charge in [-0.15, -0.1) is 0 Å². The summed E-state index contributed by atoms with van der Waals surface area (Å²) in [6.07, 6.45) is 2.50. The van der Waals surface area contributed by atoms with Crippen LogP contribution in [0.2, 0.25) is 0 Å². The highest BCUT2D eigenvalue weighted by Gasteiger charge is 2.17. The number of ether oxygens (including phenoxy) is 1. The van der Waals surface area contributed by atoms with Crippen molar-refractivity contribution in [2.75, 3.05) is 6.61 Å². The van der Waals surface area contributed by atoms with Crippen LogP contribution in [0.4, 0.5) is 0 Å². The first-order valence-electron chi connectivity index (χ1n) is 8.14. The van der Waals surface area contributed by atoms with Crippen LogP contribution < -0.4 is 0 Å². The van der Waals surface area contributed by atoms with Gasteiger partial charge >= 0.3 is 5.97 Å². The van der Waals surface area contributed by atoms with Crippen LogP contribution in [0, 0.1) is 5.92 Å². The van der Waals surface area contributed by atoms with Crippen molar-refractivity contribution < 1.29 is 14.3 Å². The average Bonchev–Trinajstić information content (AvgIpc) is 2.44. The van der Waals surface area contributed by atoms with E-state index < -0.39 is 5.97 Å². The fourth-order valence-corrected chi connectivity index (χ4v) is 2.39. The van der Waals surface area contributed by atoms with Crippen molar-refractivity contribution in [3.8, 4) is 0 Å². The van der Waals surface area contributed by atoms with Gasteiger partial charge in [-0.3, -0.25) is 4.79 Å². The molecule has 3 nitrogen and oxygen atoms in total. The van der Waals surface area contributed by atoms with E-state index in [2.05, 4.69) is 45.0 Å². The van der Waals surface area contributed by atoms with Crippen LogP contribution in [0.3, 0.4) is 0 Å². The summed E-state index contributed by atoms with van der Waals surface area (Å²) in [5, 5.41) is 0. The number of carbonyl (C=O) groups excluding carboxylic acids is 2. The number of hydrogen-bond donors (Lipinski definition) is 0. The Morgan fingerprint density at radius 2 is 1.74 bits per heavy atom. The van der Waals surface area contributed by atoms with Crippen LogP contribution in [0.15, 0.2) is 35.9 Å². The number of benzene rings is 1. The van der Waals surface area contributed by atoms with Gasteiger partial charge in [0.05, 0.1) is 12.2 Å². The lowest BCUT2D eigenvalue weighted by atomic mass is 9.86. The van der Waals surface area contributed by atoms with E-state index >= 15 is 0 Å². The molecule has 1 rings (SSSR count). The Morgan fingerprint density at radius 3 is 2.17 bits per heavy atom. The molecule has 3 heteroatoms. The van der Waals surface area contributed by atoms with Crippen LogP contribution in [0.5, 0.6) is 0 Å². The Kier molecular flexibility index (Phi) is 6.74. The molecule has 0 N–H and O–H groups in total. The monoisotopic (exact) mass is 316 g/mol. The van der Waals surface area contributed by atoms with Crippen molar-refractivity contribution in [3.05, 3.63) is 47.0 Å². The molecule has 23 heavy (non-hydrogen) atoms. The molecule has 1 atom stereocenters. The molecule has 0 aliphatic rings. The highest BCUT2D eigenvalue weighted by atomic mass is 16.5. The van der Waals surface area contributed by atoms with E-state index in [0.29, 0.717) is 0 Å². The predicted molar refractivity (Wildman–Crippen MR) is 93.4 cm³/mol. The summed E-state index contributed by atoms with van der Waals surface area (Å²) in [6.45, 7) is 12.0. The number of allylic oxidation sites excluding steroid dienone is 1. The Labute approximate surface area is 139 Å². The lowest BCUT2D eigenvalue weighted by Gasteiger charge is -2.19. The van der Waals surface area contributed by atoms with Gasteiger partial charge < -0.3 is 4.74 Å². The molecule has 1 aromatic carbocycles. The lowest BCUT2D eigenvalue weighted by Crippen LogP contribution is -2.15. The molecular formula is C20H28O3. The summed E-state index contributed by atoms with van der Waals surface area (Å²) in [6, 6.07) is 8.51. The minimum absolute atomic E-state index is 0.0822. The van der Waals surface area contributed by atoms with Gasteiger partial charge in [0.2, 0.25) is 0 Å². The third-order valence-corrected chi connectivity index (χ3v) is 3.70. The van der Waals surface area contributed by atoms with Gasteiger partial charge in [0, 0.05) is 0 Å². The number of rotatable bonds is 6. The van der Waals surface area contributed by atoms with Gasteiger partial charge in [0.15, 0.2) is 5.78 Å². The number of hydrogen-bond acceptors (Lipinski definition) is 3. The normalized spacial score (nSPS) is 13.6. The van der Waals surface area contributed by atoms with Crippen LogP contribution in [0.1, 0.15) is 52.7 Å². The third kappa shape index (κ3) is 6.01. The first-order chi connectivity index (χ1) is 10.6. The molecule has 0 saturated carbocycles. The Balaban J connectivity index is 2.85. The molecule has 0 aliphatic heterocycles. The first-order valence-corrected chi connectivity index (χ1v) is 8.14. The minimum atomic E-state index is -0.532. The molecule has 0 radical (unpaired) electrons. The second kappa shape index (κ2) is 8.09. The number of esters is 1. The van der Waals surface area contributed by atoms with Crippen molar-refractivity contribution in [3.63, 3.8) is 0 Å². The number of carbonyl (C=O) groups is 2.